The second kappa shape index (κ2) is 7.75. The highest BCUT2D eigenvalue weighted by Crippen LogP contribution is 2.33. The first-order valence-electron chi connectivity index (χ1n) is 8.74. The van der Waals surface area contributed by atoms with Crippen molar-refractivity contribution in [3.05, 3.63) is 29.8 Å². The second-order valence-electron chi connectivity index (χ2n) is 6.77. The van der Waals surface area contributed by atoms with Crippen LogP contribution >= 0.6 is 0 Å². The normalized spacial score (nSPS) is 24.0. The standard InChI is InChI=1S/C18H20F3NO5/c19-18(20,21)27-13-3-1-2-12(10-13)16(23)22-7-4-11(5-8-22)15-14(17(24)25)6-9-26-15/h1-3,10-11,14-15H,4-9H2,(H,24,25)/t14?,15-/m0/s1. The minimum absolute atomic E-state index is 0.0533. The van der Waals surface area contributed by atoms with Crippen LogP contribution in [-0.4, -0.2) is 54.0 Å². The van der Waals surface area contributed by atoms with E-state index in [2.05, 4.69) is 4.74 Å². The molecule has 0 aliphatic carbocycles. The number of alkyl halides is 3. The molecule has 1 aromatic rings. The van der Waals surface area contributed by atoms with E-state index < -0.39 is 24.0 Å². The van der Waals surface area contributed by atoms with Gasteiger partial charge in [-0.1, -0.05) is 6.07 Å². The first-order chi connectivity index (χ1) is 12.7. The fraction of sp³-hybridized carbons (Fsp3) is 0.556. The van der Waals surface area contributed by atoms with Gasteiger partial charge in [0.05, 0.1) is 12.0 Å². The first kappa shape index (κ1) is 19.5. The van der Waals surface area contributed by atoms with Crippen molar-refractivity contribution in [2.24, 2.45) is 11.8 Å². The zero-order valence-electron chi connectivity index (χ0n) is 14.4. The van der Waals surface area contributed by atoms with Crippen molar-refractivity contribution in [2.45, 2.75) is 31.7 Å². The van der Waals surface area contributed by atoms with Crippen LogP contribution in [0.25, 0.3) is 0 Å². The van der Waals surface area contributed by atoms with Crippen LogP contribution in [0.2, 0.25) is 0 Å². The zero-order chi connectivity index (χ0) is 19.6. The molecule has 6 nitrogen and oxygen atoms in total. The average molecular weight is 387 g/mol. The SMILES string of the molecule is O=C(O)C1CCO[C@H]1C1CCN(C(=O)c2cccc(OC(F)(F)F)c2)CC1. The van der Waals surface area contributed by atoms with E-state index in [0.717, 1.165) is 12.1 Å². The highest BCUT2D eigenvalue weighted by molar-refractivity contribution is 5.94. The van der Waals surface area contributed by atoms with E-state index >= 15 is 0 Å². The topological polar surface area (TPSA) is 76.1 Å². The molecule has 0 radical (unpaired) electrons. The van der Waals surface area contributed by atoms with Crippen molar-refractivity contribution in [1.82, 2.24) is 4.90 Å². The fourth-order valence-corrected chi connectivity index (χ4v) is 3.78. The number of likely N-dealkylation sites (tertiary alicyclic amines) is 1. The highest BCUT2D eigenvalue weighted by atomic mass is 19.4. The Kier molecular flexibility index (Phi) is 5.59. The van der Waals surface area contributed by atoms with E-state index in [9.17, 15) is 27.9 Å². The molecule has 0 saturated carbocycles. The summed E-state index contributed by atoms with van der Waals surface area (Å²) in [6.45, 7) is 1.23. The van der Waals surface area contributed by atoms with Crippen molar-refractivity contribution in [3.8, 4) is 5.75 Å². The number of rotatable bonds is 4. The van der Waals surface area contributed by atoms with Crippen molar-refractivity contribution in [3.63, 3.8) is 0 Å². The maximum absolute atomic E-state index is 12.6. The van der Waals surface area contributed by atoms with Crippen LogP contribution in [0.15, 0.2) is 24.3 Å². The molecule has 148 valence electrons. The Labute approximate surface area is 153 Å². The van der Waals surface area contributed by atoms with E-state index in [4.69, 9.17) is 4.74 Å². The van der Waals surface area contributed by atoms with Crippen LogP contribution in [0, 0.1) is 11.8 Å². The molecule has 0 spiro atoms. The number of benzene rings is 1. The third-order valence-electron chi connectivity index (χ3n) is 5.06. The van der Waals surface area contributed by atoms with Crippen molar-refractivity contribution in [2.75, 3.05) is 19.7 Å². The lowest BCUT2D eigenvalue weighted by molar-refractivity contribution is -0.274. The maximum atomic E-state index is 12.6. The molecule has 0 aromatic heterocycles. The molecule has 2 fully saturated rings. The number of piperidine rings is 1. The molecule has 27 heavy (non-hydrogen) atoms. The number of hydrogen-bond donors (Lipinski definition) is 1. The number of carboxylic acids is 1. The molecule has 2 atom stereocenters. The summed E-state index contributed by atoms with van der Waals surface area (Å²) in [4.78, 5) is 25.5. The van der Waals surface area contributed by atoms with E-state index in [1.54, 1.807) is 4.90 Å². The average Bonchev–Trinajstić information content (AvgIpc) is 3.10. The molecule has 1 aromatic carbocycles. The predicted octanol–water partition coefficient (Wildman–Crippen LogP) is 2.93. The Morgan fingerprint density at radius 1 is 1.19 bits per heavy atom. The van der Waals surface area contributed by atoms with Crippen LogP contribution in [0.4, 0.5) is 13.2 Å². The number of halogens is 3. The molecule has 2 aliphatic heterocycles. The molecular weight excluding hydrogens is 367 g/mol. The smallest absolute Gasteiger partial charge is 0.481 e. The molecule has 2 aliphatic rings. The molecule has 0 bridgehead atoms. The first-order valence-corrected chi connectivity index (χ1v) is 8.74. The van der Waals surface area contributed by atoms with Gasteiger partial charge in [0, 0.05) is 25.3 Å². The van der Waals surface area contributed by atoms with Crippen LogP contribution in [-0.2, 0) is 9.53 Å². The van der Waals surface area contributed by atoms with Crippen molar-refractivity contribution < 1.29 is 37.3 Å². The Hall–Kier alpha value is -2.29. The maximum Gasteiger partial charge on any atom is 0.573 e. The van der Waals surface area contributed by atoms with Crippen molar-refractivity contribution >= 4 is 11.9 Å². The number of carbonyl (C=O) groups excluding carboxylic acids is 1. The van der Waals surface area contributed by atoms with Crippen LogP contribution in [0.1, 0.15) is 29.6 Å². The summed E-state index contributed by atoms with van der Waals surface area (Å²) < 4.78 is 46.5. The summed E-state index contributed by atoms with van der Waals surface area (Å²) >= 11 is 0. The molecule has 3 rings (SSSR count). The van der Waals surface area contributed by atoms with Crippen molar-refractivity contribution in [1.29, 1.82) is 0 Å². The summed E-state index contributed by atoms with van der Waals surface area (Å²) in [7, 11) is 0. The van der Waals surface area contributed by atoms with E-state index in [-0.39, 0.29) is 23.5 Å². The van der Waals surface area contributed by atoms with Gasteiger partial charge in [-0.05, 0) is 43.4 Å². The Bertz CT molecular complexity index is 700. The number of nitrogens with zero attached hydrogens (tertiary/aromatic N) is 1. The Morgan fingerprint density at radius 3 is 2.52 bits per heavy atom. The third-order valence-corrected chi connectivity index (χ3v) is 5.06. The number of amides is 1. The summed E-state index contributed by atoms with van der Waals surface area (Å²) in [5.74, 6) is -2.14. The quantitative estimate of drug-likeness (QED) is 0.860. The molecule has 1 N–H and O–H groups in total. The lowest BCUT2D eigenvalue weighted by atomic mass is 9.84. The van der Waals surface area contributed by atoms with E-state index in [0.29, 0.717) is 39.0 Å². The summed E-state index contributed by atoms with van der Waals surface area (Å²) in [5.41, 5.74) is 0.121. The Balaban J connectivity index is 1.60. The number of carboxylic acid groups (broad SMARTS) is 1. The largest absolute Gasteiger partial charge is 0.573 e. The van der Waals surface area contributed by atoms with Gasteiger partial charge in [0.1, 0.15) is 5.75 Å². The number of aliphatic carboxylic acids is 1. The summed E-state index contributed by atoms with van der Waals surface area (Å²) in [5, 5.41) is 9.27. The minimum atomic E-state index is -4.82. The number of hydrogen-bond acceptors (Lipinski definition) is 4. The summed E-state index contributed by atoms with van der Waals surface area (Å²) in [6, 6.07) is 4.99. The van der Waals surface area contributed by atoms with Gasteiger partial charge in [0.25, 0.3) is 5.91 Å². The predicted molar refractivity (Wildman–Crippen MR) is 87.2 cm³/mol. The van der Waals surface area contributed by atoms with Crippen LogP contribution < -0.4 is 4.74 Å². The lowest BCUT2D eigenvalue weighted by Crippen LogP contribution is -2.43. The minimum Gasteiger partial charge on any atom is -0.481 e. The van der Waals surface area contributed by atoms with Crippen LogP contribution in [0.5, 0.6) is 5.75 Å². The number of carbonyl (C=O) groups is 2. The Morgan fingerprint density at radius 2 is 1.89 bits per heavy atom. The highest BCUT2D eigenvalue weighted by Gasteiger charge is 2.41. The molecule has 2 heterocycles. The van der Waals surface area contributed by atoms with Gasteiger partial charge in [-0.15, -0.1) is 13.2 Å². The molecule has 1 amide bonds. The van der Waals surface area contributed by atoms with E-state index in [1.807, 2.05) is 0 Å². The van der Waals surface area contributed by atoms with Gasteiger partial charge in [-0.2, -0.15) is 0 Å². The zero-order valence-corrected chi connectivity index (χ0v) is 14.4. The van der Waals surface area contributed by atoms with Gasteiger partial charge >= 0.3 is 12.3 Å². The van der Waals surface area contributed by atoms with Gasteiger partial charge in [-0.3, -0.25) is 9.59 Å². The van der Waals surface area contributed by atoms with Gasteiger partial charge in [0.2, 0.25) is 0 Å². The monoisotopic (exact) mass is 387 g/mol. The molecule has 2 saturated heterocycles. The molecule has 1 unspecified atom stereocenters. The van der Waals surface area contributed by atoms with Gasteiger partial charge in [0.15, 0.2) is 0 Å². The summed E-state index contributed by atoms with van der Waals surface area (Å²) in [6.07, 6.45) is -3.48. The molecular formula is C18H20F3NO5. The van der Waals surface area contributed by atoms with Crippen LogP contribution in [0.3, 0.4) is 0 Å². The van der Waals surface area contributed by atoms with E-state index in [1.165, 1.54) is 12.1 Å². The fourth-order valence-electron chi connectivity index (χ4n) is 3.78. The third kappa shape index (κ3) is 4.71. The second-order valence-corrected chi connectivity index (χ2v) is 6.77. The molecule has 9 heteroatoms. The van der Waals surface area contributed by atoms with Gasteiger partial charge < -0.3 is 19.5 Å². The number of ether oxygens (including phenoxy) is 2. The lowest BCUT2D eigenvalue weighted by Gasteiger charge is -2.35. The van der Waals surface area contributed by atoms with Gasteiger partial charge in [-0.25, -0.2) is 0 Å².